The first kappa shape index (κ1) is 18.0. The Hall–Kier alpha value is -1.37. The maximum atomic E-state index is 11.7. The molecule has 124 valence electrons. The van der Waals surface area contributed by atoms with E-state index in [1.165, 1.54) is 18.4 Å². The van der Waals surface area contributed by atoms with Gasteiger partial charge in [-0.3, -0.25) is 0 Å². The van der Waals surface area contributed by atoms with Crippen molar-refractivity contribution in [2.75, 3.05) is 12.4 Å². The Kier molecular flexibility index (Phi) is 6.21. The van der Waals surface area contributed by atoms with Crippen LogP contribution in [0.2, 0.25) is 5.02 Å². The predicted molar refractivity (Wildman–Crippen MR) is 102 cm³/mol. The second-order valence-electron chi connectivity index (χ2n) is 5.06. The zero-order valence-electron chi connectivity index (χ0n) is 13.2. The van der Waals surface area contributed by atoms with Crippen molar-refractivity contribution in [3.63, 3.8) is 0 Å². The molecule has 0 saturated carbocycles. The van der Waals surface area contributed by atoms with E-state index in [9.17, 15) is 4.79 Å². The number of hydrogen-bond acceptors (Lipinski definition) is 4. The minimum absolute atomic E-state index is 0.362. The number of rotatable bonds is 5. The zero-order valence-corrected chi connectivity index (χ0v) is 15.6. The molecule has 2 aromatic rings. The Labute approximate surface area is 150 Å². The molecule has 1 aromatic carbocycles. The number of thiocarbonyl (C=S) groups is 1. The summed E-state index contributed by atoms with van der Waals surface area (Å²) in [6.45, 7) is 4.25. The van der Waals surface area contributed by atoms with Crippen molar-refractivity contribution in [2.45, 2.75) is 32.7 Å². The molecular weight excluding hydrogens is 352 g/mol. The summed E-state index contributed by atoms with van der Waals surface area (Å²) in [6, 6.07) is 6.06. The first-order chi connectivity index (χ1) is 11.0. The molecule has 0 spiro atoms. The van der Waals surface area contributed by atoms with Crippen LogP contribution in [0.3, 0.4) is 0 Å². The number of carbonyl (C=O) groups is 1. The summed E-state index contributed by atoms with van der Waals surface area (Å²) in [5.74, 6) is -0.420. The molecule has 0 aliphatic rings. The highest BCUT2D eigenvalue weighted by Gasteiger charge is 2.17. The summed E-state index contributed by atoms with van der Waals surface area (Å²) >= 11 is 12.9. The molecule has 0 atom stereocenters. The molecule has 0 bridgehead atoms. The molecule has 2 rings (SSSR count). The Bertz CT molecular complexity index is 726. The van der Waals surface area contributed by atoms with Crippen LogP contribution < -0.4 is 10.6 Å². The number of hydrogen-bond donors (Lipinski definition) is 2. The number of methoxy groups -OCH3 is 1. The van der Waals surface area contributed by atoms with Gasteiger partial charge in [0.1, 0.15) is 4.88 Å². The molecular formula is C16H19ClN2O2S2. The molecule has 1 heterocycles. The first-order valence-electron chi connectivity index (χ1n) is 7.38. The largest absolute Gasteiger partial charge is 0.465 e. The van der Waals surface area contributed by atoms with E-state index in [1.54, 1.807) is 0 Å². The number of carbonyl (C=O) groups excluding carboxylic acids is 1. The summed E-state index contributed by atoms with van der Waals surface area (Å²) in [4.78, 5) is 12.1. The third-order valence-corrected chi connectivity index (χ3v) is 5.44. The van der Waals surface area contributed by atoms with Crippen LogP contribution in [0.4, 0.5) is 5.69 Å². The standard InChI is InChI=1S/C16H19ClN2O2S2/c1-4-9(5-2)18-16(22)19-10-6-7-11-12(8-10)23-14(13(11)17)15(20)21-3/h6-9H,4-5H2,1-3H3,(H2,18,19,22). The lowest BCUT2D eigenvalue weighted by Crippen LogP contribution is -2.36. The van der Waals surface area contributed by atoms with Crippen LogP contribution >= 0.6 is 35.2 Å². The fourth-order valence-corrected chi connectivity index (χ4v) is 3.96. The van der Waals surface area contributed by atoms with E-state index in [4.69, 9.17) is 28.6 Å². The minimum atomic E-state index is -0.420. The van der Waals surface area contributed by atoms with E-state index in [2.05, 4.69) is 24.5 Å². The molecule has 1 aromatic heterocycles. The summed E-state index contributed by atoms with van der Waals surface area (Å²) in [5, 5.41) is 8.31. The number of halogens is 1. The summed E-state index contributed by atoms with van der Waals surface area (Å²) in [7, 11) is 1.35. The lowest BCUT2D eigenvalue weighted by Gasteiger charge is -2.17. The molecule has 0 fully saturated rings. The fraction of sp³-hybridized carbons (Fsp3) is 0.375. The van der Waals surface area contributed by atoms with Crippen LogP contribution in [0.1, 0.15) is 36.4 Å². The van der Waals surface area contributed by atoms with Gasteiger partial charge < -0.3 is 15.4 Å². The van der Waals surface area contributed by atoms with Crippen LogP contribution in [-0.4, -0.2) is 24.2 Å². The molecule has 0 radical (unpaired) electrons. The number of esters is 1. The molecule has 4 nitrogen and oxygen atoms in total. The van der Waals surface area contributed by atoms with Crippen LogP contribution in [-0.2, 0) is 4.74 Å². The van der Waals surface area contributed by atoms with Gasteiger partial charge in [-0.25, -0.2) is 4.79 Å². The van der Waals surface area contributed by atoms with Gasteiger partial charge >= 0.3 is 5.97 Å². The quantitative estimate of drug-likeness (QED) is 0.584. The van der Waals surface area contributed by atoms with E-state index in [0.29, 0.717) is 21.1 Å². The third-order valence-electron chi connectivity index (χ3n) is 3.58. The Morgan fingerprint density at radius 2 is 2.09 bits per heavy atom. The fourth-order valence-electron chi connectivity index (χ4n) is 2.21. The van der Waals surface area contributed by atoms with Gasteiger partial charge in [-0.15, -0.1) is 11.3 Å². The highest BCUT2D eigenvalue weighted by atomic mass is 35.5. The average molecular weight is 371 g/mol. The number of anilines is 1. The highest BCUT2D eigenvalue weighted by Crippen LogP contribution is 2.37. The van der Waals surface area contributed by atoms with Crippen molar-refractivity contribution in [1.29, 1.82) is 0 Å². The summed E-state index contributed by atoms with van der Waals surface area (Å²) < 4.78 is 5.66. The van der Waals surface area contributed by atoms with Gasteiger partial charge in [0.05, 0.1) is 12.1 Å². The SMILES string of the molecule is CCC(CC)NC(=S)Nc1ccc2c(Cl)c(C(=O)OC)sc2c1. The Balaban J connectivity index is 2.20. The van der Waals surface area contributed by atoms with Gasteiger partial charge in [-0.05, 0) is 43.3 Å². The molecule has 7 heteroatoms. The number of ether oxygens (including phenoxy) is 1. The van der Waals surface area contributed by atoms with Crippen molar-refractivity contribution in [3.8, 4) is 0 Å². The number of nitrogens with one attached hydrogen (secondary N) is 2. The van der Waals surface area contributed by atoms with Gasteiger partial charge in [0.25, 0.3) is 0 Å². The molecule has 23 heavy (non-hydrogen) atoms. The van der Waals surface area contributed by atoms with E-state index in [0.717, 1.165) is 28.6 Å². The van der Waals surface area contributed by atoms with E-state index >= 15 is 0 Å². The van der Waals surface area contributed by atoms with Gasteiger partial charge in [0.2, 0.25) is 0 Å². The Morgan fingerprint density at radius 1 is 1.39 bits per heavy atom. The van der Waals surface area contributed by atoms with Crippen molar-refractivity contribution in [3.05, 3.63) is 28.1 Å². The Morgan fingerprint density at radius 3 is 2.70 bits per heavy atom. The molecule has 0 unspecified atom stereocenters. The molecule has 0 aliphatic carbocycles. The van der Waals surface area contributed by atoms with E-state index in [1.807, 2.05) is 18.2 Å². The highest BCUT2D eigenvalue weighted by molar-refractivity contribution is 7.80. The normalized spacial score (nSPS) is 10.8. The minimum Gasteiger partial charge on any atom is -0.465 e. The smallest absolute Gasteiger partial charge is 0.349 e. The number of thiophene rings is 1. The molecule has 2 N–H and O–H groups in total. The van der Waals surface area contributed by atoms with Crippen molar-refractivity contribution in [2.24, 2.45) is 0 Å². The lowest BCUT2D eigenvalue weighted by atomic mass is 10.2. The summed E-state index contributed by atoms with van der Waals surface area (Å²) in [6.07, 6.45) is 2.03. The van der Waals surface area contributed by atoms with Crippen LogP contribution in [0.15, 0.2) is 18.2 Å². The van der Waals surface area contributed by atoms with Crippen LogP contribution in [0, 0.1) is 0 Å². The summed E-state index contributed by atoms with van der Waals surface area (Å²) in [5.41, 5.74) is 0.857. The van der Waals surface area contributed by atoms with E-state index < -0.39 is 5.97 Å². The average Bonchev–Trinajstić information content (AvgIpc) is 2.88. The molecule has 0 aliphatic heterocycles. The van der Waals surface area contributed by atoms with Gasteiger partial charge in [-0.1, -0.05) is 25.4 Å². The molecule has 0 saturated heterocycles. The maximum absolute atomic E-state index is 11.7. The van der Waals surface area contributed by atoms with Gasteiger partial charge in [-0.2, -0.15) is 0 Å². The van der Waals surface area contributed by atoms with Gasteiger partial charge in [0, 0.05) is 21.8 Å². The van der Waals surface area contributed by atoms with Crippen molar-refractivity contribution >= 4 is 62.0 Å². The monoisotopic (exact) mass is 370 g/mol. The lowest BCUT2D eigenvalue weighted by molar-refractivity contribution is 0.0606. The van der Waals surface area contributed by atoms with Gasteiger partial charge in [0.15, 0.2) is 5.11 Å². The van der Waals surface area contributed by atoms with Crippen LogP contribution in [0.25, 0.3) is 10.1 Å². The number of fused-ring (bicyclic) bond motifs is 1. The topological polar surface area (TPSA) is 50.4 Å². The van der Waals surface area contributed by atoms with Crippen LogP contribution in [0.5, 0.6) is 0 Å². The van der Waals surface area contributed by atoms with Crippen molar-refractivity contribution < 1.29 is 9.53 Å². The second kappa shape index (κ2) is 7.95. The second-order valence-corrected chi connectivity index (χ2v) is 6.90. The third kappa shape index (κ3) is 4.13. The zero-order chi connectivity index (χ0) is 17.0. The predicted octanol–water partition coefficient (Wildman–Crippen LogP) is 4.82. The number of benzene rings is 1. The van der Waals surface area contributed by atoms with E-state index in [-0.39, 0.29) is 0 Å². The van der Waals surface area contributed by atoms with Crippen molar-refractivity contribution in [1.82, 2.24) is 5.32 Å². The molecule has 0 amide bonds. The maximum Gasteiger partial charge on any atom is 0.349 e. The first-order valence-corrected chi connectivity index (χ1v) is 8.98.